The van der Waals surface area contributed by atoms with Gasteiger partial charge in [0.2, 0.25) is 9.05 Å². The molecule has 0 bridgehead atoms. The van der Waals surface area contributed by atoms with Crippen LogP contribution < -0.4 is 0 Å². The first-order chi connectivity index (χ1) is 6.74. The molecule has 0 amide bonds. The van der Waals surface area contributed by atoms with Gasteiger partial charge in [0.25, 0.3) is 0 Å². The highest BCUT2D eigenvalue weighted by Gasteiger charge is 2.33. The van der Waals surface area contributed by atoms with Gasteiger partial charge in [-0.3, -0.25) is 0 Å². The standard InChI is InChI=1S/C10H12BrClO2S/c1-10(2,15(12,13)14)7-8-5-3-4-6-9(8)11/h3-6H,7H2,1-2H3. The first-order valence-corrected chi connectivity index (χ1v) is 7.52. The summed E-state index contributed by atoms with van der Waals surface area (Å²) in [5.41, 5.74) is 0.937. The summed E-state index contributed by atoms with van der Waals surface area (Å²) in [4.78, 5) is 0. The molecule has 0 spiro atoms. The number of halogens is 2. The second kappa shape index (κ2) is 4.44. The summed E-state index contributed by atoms with van der Waals surface area (Å²) in [7, 11) is 1.82. The molecule has 0 aliphatic heterocycles. The Morgan fingerprint density at radius 3 is 2.33 bits per heavy atom. The minimum Gasteiger partial charge on any atom is -0.212 e. The van der Waals surface area contributed by atoms with Crippen molar-refractivity contribution in [3.8, 4) is 0 Å². The van der Waals surface area contributed by atoms with Gasteiger partial charge in [0.1, 0.15) is 0 Å². The van der Waals surface area contributed by atoms with Crippen LogP contribution in [0.3, 0.4) is 0 Å². The van der Waals surface area contributed by atoms with Gasteiger partial charge < -0.3 is 0 Å². The Bertz CT molecular complexity index is 454. The third-order valence-electron chi connectivity index (χ3n) is 2.23. The normalized spacial score (nSPS) is 12.8. The van der Waals surface area contributed by atoms with Crippen molar-refractivity contribution in [1.29, 1.82) is 0 Å². The zero-order valence-electron chi connectivity index (χ0n) is 8.50. The molecule has 0 heterocycles. The van der Waals surface area contributed by atoms with Crippen molar-refractivity contribution in [2.24, 2.45) is 0 Å². The van der Waals surface area contributed by atoms with E-state index in [-0.39, 0.29) is 0 Å². The fraction of sp³-hybridized carbons (Fsp3) is 0.400. The van der Waals surface area contributed by atoms with Gasteiger partial charge >= 0.3 is 0 Å². The van der Waals surface area contributed by atoms with Gasteiger partial charge in [0.05, 0.1) is 4.75 Å². The molecule has 1 rings (SSSR count). The molecular formula is C10H12BrClO2S. The summed E-state index contributed by atoms with van der Waals surface area (Å²) in [6, 6.07) is 7.52. The van der Waals surface area contributed by atoms with E-state index in [0.717, 1.165) is 10.0 Å². The molecule has 84 valence electrons. The minimum absolute atomic E-state index is 0.389. The molecule has 0 radical (unpaired) electrons. The molecule has 1 aromatic rings. The van der Waals surface area contributed by atoms with E-state index < -0.39 is 13.8 Å². The molecule has 0 fully saturated rings. The van der Waals surface area contributed by atoms with Gasteiger partial charge in [-0.2, -0.15) is 0 Å². The van der Waals surface area contributed by atoms with Crippen LogP contribution in [0.25, 0.3) is 0 Å². The van der Waals surface area contributed by atoms with Gasteiger partial charge in [-0.1, -0.05) is 34.1 Å². The van der Waals surface area contributed by atoms with E-state index in [9.17, 15) is 8.42 Å². The molecule has 0 aliphatic rings. The van der Waals surface area contributed by atoms with Crippen molar-refractivity contribution in [2.45, 2.75) is 25.0 Å². The van der Waals surface area contributed by atoms with E-state index in [4.69, 9.17) is 10.7 Å². The molecule has 2 nitrogen and oxygen atoms in total. The number of benzene rings is 1. The van der Waals surface area contributed by atoms with Crippen LogP contribution in [0.2, 0.25) is 0 Å². The number of rotatable bonds is 3. The average Bonchev–Trinajstić information content (AvgIpc) is 2.06. The molecule has 0 aliphatic carbocycles. The van der Waals surface area contributed by atoms with Gasteiger partial charge in [-0.25, -0.2) is 8.42 Å². The van der Waals surface area contributed by atoms with Gasteiger partial charge in [0, 0.05) is 15.2 Å². The van der Waals surface area contributed by atoms with E-state index in [1.165, 1.54) is 0 Å². The Morgan fingerprint density at radius 1 is 1.33 bits per heavy atom. The fourth-order valence-electron chi connectivity index (χ4n) is 1.19. The summed E-state index contributed by atoms with van der Waals surface area (Å²) in [5.74, 6) is 0. The van der Waals surface area contributed by atoms with Crippen molar-refractivity contribution >= 4 is 35.7 Å². The molecule has 0 atom stereocenters. The highest BCUT2D eigenvalue weighted by atomic mass is 79.9. The summed E-state index contributed by atoms with van der Waals surface area (Å²) < 4.78 is 22.6. The van der Waals surface area contributed by atoms with Crippen molar-refractivity contribution in [3.05, 3.63) is 34.3 Å². The van der Waals surface area contributed by atoms with Gasteiger partial charge in [0.15, 0.2) is 0 Å². The van der Waals surface area contributed by atoms with Crippen LogP contribution in [0.1, 0.15) is 19.4 Å². The topological polar surface area (TPSA) is 34.1 Å². The van der Waals surface area contributed by atoms with Crippen LogP contribution in [0.5, 0.6) is 0 Å². The molecule has 15 heavy (non-hydrogen) atoms. The Hall–Kier alpha value is -0.0600. The summed E-state index contributed by atoms with van der Waals surface area (Å²) in [6.45, 7) is 3.24. The number of hydrogen-bond donors (Lipinski definition) is 0. The fourth-order valence-corrected chi connectivity index (χ4v) is 2.10. The second-order valence-electron chi connectivity index (χ2n) is 3.97. The monoisotopic (exact) mass is 310 g/mol. The third-order valence-corrected chi connectivity index (χ3v) is 5.73. The molecule has 0 aromatic heterocycles. The lowest BCUT2D eigenvalue weighted by Crippen LogP contribution is -2.30. The highest BCUT2D eigenvalue weighted by Crippen LogP contribution is 2.28. The van der Waals surface area contributed by atoms with Crippen LogP contribution in [-0.4, -0.2) is 13.2 Å². The smallest absolute Gasteiger partial charge is 0.212 e. The van der Waals surface area contributed by atoms with Crippen molar-refractivity contribution in [2.75, 3.05) is 0 Å². The van der Waals surface area contributed by atoms with E-state index in [0.29, 0.717) is 6.42 Å². The molecular weight excluding hydrogens is 300 g/mol. The molecule has 0 N–H and O–H groups in total. The first-order valence-electron chi connectivity index (χ1n) is 4.42. The molecule has 0 unspecified atom stereocenters. The zero-order valence-corrected chi connectivity index (χ0v) is 11.7. The highest BCUT2D eigenvalue weighted by molar-refractivity contribution is 9.10. The van der Waals surface area contributed by atoms with E-state index in [1.807, 2.05) is 24.3 Å². The Kier molecular flexibility index (Phi) is 3.85. The maximum Gasteiger partial charge on any atom is 0.238 e. The lowest BCUT2D eigenvalue weighted by molar-refractivity contribution is 0.558. The quantitative estimate of drug-likeness (QED) is 0.802. The van der Waals surface area contributed by atoms with Crippen molar-refractivity contribution in [3.63, 3.8) is 0 Å². The summed E-state index contributed by atoms with van der Waals surface area (Å²) in [6.07, 6.45) is 0.389. The van der Waals surface area contributed by atoms with Crippen LogP contribution in [0.15, 0.2) is 28.7 Å². The van der Waals surface area contributed by atoms with Crippen LogP contribution in [0.4, 0.5) is 0 Å². The predicted molar refractivity (Wildman–Crippen MR) is 66.7 cm³/mol. The minimum atomic E-state index is -3.57. The Balaban J connectivity index is 3.02. The molecule has 0 saturated heterocycles. The predicted octanol–water partition coefficient (Wildman–Crippen LogP) is 3.34. The van der Waals surface area contributed by atoms with E-state index in [1.54, 1.807) is 13.8 Å². The largest absolute Gasteiger partial charge is 0.238 e. The van der Waals surface area contributed by atoms with Crippen molar-refractivity contribution < 1.29 is 8.42 Å². The Labute approximate surface area is 103 Å². The molecule has 0 saturated carbocycles. The lowest BCUT2D eigenvalue weighted by Gasteiger charge is -2.21. The maximum absolute atomic E-state index is 11.3. The lowest BCUT2D eigenvalue weighted by atomic mass is 10.0. The third kappa shape index (κ3) is 3.20. The SMILES string of the molecule is CC(C)(Cc1ccccc1Br)S(=O)(=O)Cl. The maximum atomic E-state index is 11.3. The van der Waals surface area contributed by atoms with E-state index in [2.05, 4.69) is 15.9 Å². The van der Waals surface area contributed by atoms with E-state index >= 15 is 0 Å². The average molecular weight is 312 g/mol. The van der Waals surface area contributed by atoms with Crippen LogP contribution >= 0.6 is 26.6 Å². The number of hydrogen-bond acceptors (Lipinski definition) is 2. The first kappa shape index (κ1) is 13.0. The molecule has 1 aromatic carbocycles. The van der Waals surface area contributed by atoms with Gasteiger partial charge in [-0.05, 0) is 31.9 Å². The second-order valence-corrected chi connectivity index (χ2v) is 8.02. The summed E-state index contributed by atoms with van der Waals surface area (Å²) >= 11 is 3.38. The summed E-state index contributed by atoms with van der Waals surface area (Å²) in [5, 5.41) is 0. The van der Waals surface area contributed by atoms with Crippen LogP contribution in [-0.2, 0) is 15.5 Å². The van der Waals surface area contributed by atoms with Crippen molar-refractivity contribution in [1.82, 2.24) is 0 Å². The zero-order chi connectivity index (χ0) is 11.7. The Morgan fingerprint density at radius 2 is 1.87 bits per heavy atom. The van der Waals surface area contributed by atoms with Gasteiger partial charge in [-0.15, -0.1) is 0 Å². The molecule has 5 heteroatoms. The van der Waals surface area contributed by atoms with Crippen LogP contribution in [0, 0.1) is 0 Å².